The Balaban J connectivity index is 0.00000108. The molecule has 92 valence electrons. The zero-order valence-corrected chi connectivity index (χ0v) is 9.79. The van der Waals surface area contributed by atoms with Crippen LogP contribution < -0.4 is 14.8 Å². The second-order valence-corrected chi connectivity index (χ2v) is 3.67. The van der Waals surface area contributed by atoms with Crippen LogP contribution in [0.25, 0.3) is 0 Å². The maximum atomic E-state index is 11.0. The van der Waals surface area contributed by atoms with Crippen LogP contribution in [0.5, 0.6) is 11.5 Å². The van der Waals surface area contributed by atoms with Gasteiger partial charge >= 0.3 is 6.09 Å². The van der Waals surface area contributed by atoms with Crippen molar-refractivity contribution in [3.8, 4) is 11.5 Å². The molecule has 1 amide bonds. The van der Waals surface area contributed by atoms with Crippen LogP contribution in [-0.4, -0.2) is 25.9 Å². The molecule has 3 rings (SSSR count). The van der Waals surface area contributed by atoms with E-state index in [1.165, 1.54) is 0 Å². The van der Waals surface area contributed by atoms with Gasteiger partial charge in [-0.2, -0.15) is 0 Å². The third-order valence-corrected chi connectivity index (χ3v) is 2.65. The van der Waals surface area contributed by atoms with E-state index in [1.807, 2.05) is 18.2 Å². The van der Waals surface area contributed by atoms with E-state index in [9.17, 15) is 4.79 Å². The predicted octanol–water partition coefficient (Wildman–Crippen LogP) is 1.66. The number of hydrogen-bond acceptors (Lipinski definition) is 4. The summed E-state index contributed by atoms with van der Waals surface area (Å²) in [5.74, 6) is 1.44. The molecule has 2 aliphatic rings. The van der Waals surface area contributed by atoms with E-state index in [1.54, 1.807) is 0 Å². The number of para-hydroxylation sites is 1. The van der Waals surface area contributed by atoms with Crippen molar-refractivity contribution in [1.82, 2.24) is 5.32 Å². The summed E-state index contributed by atoms with van der Waals surface area (Å²) >= 11 is 0. The lowest BCUT2D eigenvalue weighted by Crippen LogP contribution is -2.22. The van der Waals surface area contributed by atoms with E-state index in [-0.39, 0.29) is 24.5 Å². The van der Waals surface area contributed by atoms with Crippen molar-refractivity contribution in [2.45, 2.75) is 6.04 Å². The smallest absolute Gasteiger partial charge is 0.407 e. The van der Waals surface area contributed by atoms with E-state index >= 15 is 0 Å². The van der Waals surface area contributed by atoms with E-state index in [4.69, 9.17) is 14.2 Å². The molecule has 1 N–H and O–H groups in total. The zero-order valence-electron chi connectivity index (χ0n) is 8.97. The highest BCUT2D eigenvalue weighted by atomic mass is 35.5. The Kier molecular flexibility index (Phi) is 3.28. The number of cyclic esters (lactones) is 1. The monoisotopic (exact) mass is 257 g/mol. The van der Waals surface area contributed by atoms with Crippen LogP contribution in [0.15, 0.2) is 18.2 Å². The molecule has 0 radical (unpaired) electrons. The fourth-order valence-corrected chi connectivity index (χ4v) is 1.92. The average molecular weight is 258 g/mol. The number of nitrogens with one attached hydrogen (secondary N) is 1. The van der Waals surface area contributed by atoms with E-state index in [0.29, 0.717) is 25.6 Å². The van der Waals surface area contributed by atoms with E-state index in [2.05, 4.69) is 5.32 Å². The summed E-state index contributed by atoms with van der Waals surface area (Å²) in [5.41, 5.74) is 0.906. The van der Waals surface area contributed by atoms with Gasteiger partial charge in [-0.05, 0) is 6.07 Å². The van der Waals surface area contributed by atoms with Crippen LogP contribution in [0.1, 0.15) is 11.6 Å². The second-order valence-electron chi connectivity index (χ2n) is 3.67. The molecular weight excluding hydrogens is 246 g/mol. The largest absolute Gasteiger partial charge is 0.486 e. The third kappa shape index (κ3) is 2.10. The minimum atomic E-state index is -0.390. The number of carbonyl (C=O) groups excluding carboxylic acids is 1. The number of carbonyl (C=O) groups is 1. The summed E-state index contributed by atoms with van der Waals surface area (Å²) < 4.78 is 15.9. The standard InChI is InChI=1S/C11H11NO4.ClH/c13-11-12-8(6-16-11)7-2-1-3-9-10(7)15-5-4-14-9;/h1-3,8H,4-6H2,(H,12,13);1H/t8-;/m1./s1. The molecule has 1 aromatic rings. The summed E-state index contributed by atoms with van der Waals surface area (Å²) in [4.78, 5) is 11.0. The average Bonchev–Trinajstić information content (AvgIpc) is 2.75. The van der Waals surface area contributed by atoms with E-state index in [0.717, 1.165) is 11.3 Å². The molecule has 0 saturated carbocycles. The van der Waals surface area contributed by atoms with Gasteiger partial charge in [-0.15, -0.1) is 12.4 Å². The molecule has 1 saturated heterocycles. The highest BCUT2D eigenvalue weighted by Crippen LogP contribution is 2.37. The minimum Gasteiger partial charge on any atom is -0.486 e. The lowest BCUT2D eigenvalue weighted by atomic mass is 10.1. The Morgan fingerprint density at radius 1 is 1.18 bits per heavy atom. The lowest BCUT2D eigenvalue weighted by Gasteiger charge is -2.22. The maximum Gasteiger partial charge on any atom is 0.407 e. The second kappa shape index (κ2) is 4.71. The fraction of sp³-hybridized carbons (Fsp3) is 0.364. The van der Waals surface area contributed by atoms with Gasteiger partial charge in [0, 0.05) is 5.56 Å². The van der Waals surface area contributed by atoms with Crippen LogP contribution >= 0.6 is 12.4 Å². The van der Waals surface area contributed by atoms with Crippen LogP contribution in [0.4, 0.5) is 4.79 Å². The van der Waals surface area contributed by atoms with E-state index < -0.39 is 0 Å². The summed E-state index contributed by atoms with van der Waals surface area (Å²) in [6.07, 6.45) is -0.390. The van der Waals surface area contributed by atoms with Crippen molar-refractivity contribution in [1.29, 1.82) is 0 Å². The van der Waals surface area contributed by atoms with Crippen LogP contribution in [0.3, 0.4) is 0 Å². The van der Waals surface area contributed by atoms with Crippen LogP contribution in [0.2, 0.25) is 0 Å². The Labute approximate surface area is 104 Å². The van der Waals surface area contributed by atoms with Gasteiger partial charge in [0.05, 0.1) is 6.04 Å². The van der Waals surface area contributed by atoms with Crippen molar-refractivity contribution >= 4 is 18.5 Å². The van der Waals surface area contributed by atoms with Gasteiger partial charge in [0.15, 0.2) is 11.5 Å². The number of alkyl carbamates (subject to hydrolysis) is 1. The highest BCUT2D eigenvalue weighted by molar-refractivity contribution is 5.85. The van der Waals surface area contributed by atoms with Crippen molar-refractivity contribution in [2.75, 3.05) is 19.8 Å². The van der Waals surface area contributed by atoms with Gasteiger partial charge in [-0.3, -0.25) is 0 Å². The summed E-state index contributed by atoms with van der Waals surface area (Å²) in [5, 5.41) is 2.72. The Hall–Kier alpha value is -1.62. The van der Waals surface area contributed by atoms with Gasteiger partial charge < -0.3 is 19.5 Å². The molecule has 0 spiro atoms. The number of fused-ring (bicyclic) bond motifs is 1. The number of hydrogen-bond donors (Lipinski definition) is 1. The lowest BCUT2D eigenvalue weighted by molar-refractivity contribution is 0.167. The summed E-state index contributed by atoms with van der Waals surface area (Å²) in [6, 6.07) is 5.50. The molecule has 1 fully saturated rings. The van der Waals surface area contributed by atoms with Gasteiger partial charge in [0.2, 0.25) is 0 Å². The van der Waals surface area contributed by atoms with Crippen molar-refractivity contribution < 1.29 is 19.0 Å². The fourth-order valence-electron chi connectivity index (χ4n) is 1.92. The quantitative estimate of drug-likeness (QED) is 0.831. The molecule has 0 aromatic heterocycles. The first-order valence-corrected chi connectivity index (χ1v) is 5.16. The third-order valence-electron chi connectivity index (χ3n) is 2.65. The van der Waals surface area contributed by atoms with Gasteiger partial charge in [0.1, 0.15) is 19.8 Å². The first kappa shape index (κ1) is 11.9. The molecule has 1 atom stereocenters. The zero-order chi connectivity index (χ0) is 11.0. The topological polar surface area (TPSA) is 56.8 Å². The van der Waals surface area contributed by atoms with Gasteiger partial charge in [-0.25, -0.2) is 4.79 Å². The number of benzene rings is 1. The van der Waals surface area contributed by atoms with Crippen molar-refractivity contribution in [3.63, 3.8) is 0 Å². The normalized spacial score (nSPS) is 21.2. The number of halogens is 1. The van der Waals surface area contributed by atoms with Crippen LogP contribution in [-0.2, 0) is 4.74 Å². The molecule has 6 heteroatoms. The number of amides is 1. The highest BCUT2D eigenvalue weighted by Gasteiger charge is 2.28. The maximum absolute atomic E-state index is 11.0. The molecule has 5 nitrogen and oxygen atoms in total. The molecule has 0 aliphatic carbocycles. The summed E-state index contributed by atoms with van der Waals surface area (Å²) in [6.45, 7) is 1.42. The number of rotatable bonds is 1. The SMILES string of the molecule is Cl.O=C1N[C@@H](c2cccc3c2OCCO3)CO1. The van der Waals surface area contributed by atoms with Gasteiger partial charge in [0.25, 0.3) is 0 Å². The molecule has 0 bridgehead atoms. The Bertz CT molecular complexity index is 437. The van der Waals surface area contributed by atoms with Crippen molar-refractivity contribution in [3.05, 3.63) is 23.8 Å². The first-order valence-electron chi connectivity index (χ1n) is 5.16. The molecule has 17 heavy (non-hydrogen) atoms. The van der Waals surface area contributed by atoms with Gasteiger partial charge in [-0.1, -0.05) is 12.1 Å². The molecule has 0 unspecified atom stereocenters. The minimum absolute atomic E-state index is 0. The molecule has 1 aromatic carbocycles. The molecule has 2 aliphatic heterocycles. The Morgan fingerprint density at radius 2 is 2.00 bits per heavy atom. The molecule has 2 heterocycles. The predicted molar refractivity (Wildman–Crippen MR) is 61.9 cm³/mol. The molecular formula is C11H12ClNO4. The van der Waals surface area contributed by atoms with Crippen LogP contribution in [0, 0.1) is 0 Å². The summed E-state index contributed by atoms with van der Waals surface area (Å²) in [7, 11) is 0. The first-order chi connectivity index (χ1) is 7.84. The Morgan fingerprint density at radius 3 is 2.76 bits per heavy atom. The number of ether oxygens (including phenoxy) is 3. The van der Waals surface area contributed by atoms with Crippen molar-refractivity contribution in [2.24, 2.45) is 0 Å².